The second-order valence-electron chi connectivity index (χ2n) is 4.56. The molecule has 1 aromatic carbocycles. The van der Waals surface area contributed by atoms with Gasteiger partial charge in [-0.3, -0.25) is 0 Å². The summed E-state index contributed by atoms with van der Waals surface area (Å²) in [5.74, 6) is 0. The van der Waals surface area contributed by atoms with E-state index in [0.717, 1.165) is 27.2 Å². The van der Waals surface area contributed by atoms with Crippen LogP contribution in [0.2, 0.25) is 5.02 Å². The lowest BCUT2D eigenvalue weighted by Crippen LogP contribution is -2.04. The van der Waals surface area contributed by atoms with Crippen molar-refractivity contribution < 1.29 is 0 Å². The Bertz CT molecular complexity index is 767. The van der Waals surface area contributed by atoms with Crippen LogP contribution in [0, 0.1) is 6.92 Å². The van der Waals surface area contributed by atoms with Crippen molar-refractivity contribution in [2.75, 3.05) is 5.32 Å². The minimum absolute atomic E-state index is 0.710. The van der Waals surface area contributed by atoms with Crippen molar-refractivity contribution in [2.45, 2.75) is 13.5 Å². The first-order chi connectivity index (χ1) is 9.65. The first-order valence-corrected chi connectivity index (χ1v) is 7.44. The molecule has 2 aromatic heterocycles. The summed E-state index contributed by atoms with van der Waals surface area (Å²) in [5.41, 5.74) is 4.19. The van der Waals surface area contributed by atoms with Gasteiger partial charge in [0.05, 0.1) is 23.0 Å². The van der Waals surface area contributed by atoms with Crippen LogP contribution in [0.25, 0.3) is 5.65 Å². The van der Waals surface area contributed by atoms with E-state index in [2.05, 4.69) is 30.6 Å². The van der Waals surface area contributed by atoms with E-state index < -0.39 is 0 Å². The summed E-state index contributed by atoms with van der Waals surface area (Å²) in [7, 11) is 0. The molecule has 0 radical (unpaired) electrons. The van der Waals surface area contributed by atoms with Crippen molar-refractivity contribution in [3.63, 3.8) is 0 Å². The number of aromatic nitrogens is 2. The molecule has 0 aliphatic carbocycles. The Hall–Kier alpha value is -1.52. The zero-order valence-corrected chi connectivity index (χ0v) is 13.2. The van der Waals surface area contributed by atoms with Gasteiger partial charge in [-0.1, -0.05) is 17.7 Å². The van der Waals surface area contributed by atoms with Gasteiger partial charge in [-0.25, -0.2) is 4.98 Å². The van der Waals surface area contributed by atoms with Gasteiger partial charge in [-0.15, -0.1) is 0 Å². The van der Waals surface area contributed by atoms with Gasteiger partial charge in [0.2, 0.25) is 0 Å². The van der Waals surface area contributed by atoms with Crippen LogP contribution < -0.4 is 5.32 Å². The average molecular weight is 351 g/mol. The number of benzene rings is 1. The van der Waals surface area contributed by atoms with Crippen LogP contribution in [0.3, 0.4) is 0 Å². The molecule has 0 unspecified atom stereocenters. The Labute approximate surface area is 130 Å². The number of halogens is 2. The van der Waals surface area contributed by atoms with Gasteiger partial charge >= 0.3 is 0 Å². The Balaban J connectivity index is 1.86. The molecule has 0 spiro atoms. The normalized spacial score (nSPS) is 10.9. The van der Waals surface area contributed by atoms with E-state index in [4.69, 9.17) is 11.6 Å². The van der Waals surface area contributed by atoms with E-state index in [-0.39, 0.29) is 0 Å². The van der Waals surface area contributed by atoms with Gasteiger partial charge in [0.1, 0.15) is 5.65 Å². The van der Waals surface area contributed by atoms with Crippen LogP contribution in [0.1, 0.15) is 11.4 Å². The molecular weight excluding hydrogens is 338 g/mol. The van der Waals surface area contributed by atoms with Gasteiger partial charge in [0.15, 0.2) is 0 Å². The second kappa shape index (κ2) is 5.46. The molecule has 5 heteroatoms. The Morgan fingerprint density at radius 2 is 2.15 bits per heavy atom. The summed E-state index contributed by atoms with van der Waals surface area (Å²) in [6.45, 7) is 2.74. The lowest BCUT2D eigenvalue weighted by Gasteiger charge is -2.08. The van der Waals surface area contributed by atoms with E-state index >= 15 is 0 Å². The molecule has 102 valence electrons. The maximum absolute atomic E-state index is 5.99. The maximum atomic E-state index is 5.99. The number of fused-ring (bicyclic) bond motifs is 1. The van der Waals surface area contributed by atoms with E-state index in [9.17, 15) is 0 Å². The third-order valence-corrected chi connectivity index (χ3v) is 4.42. The molecule has 3 aromatic rings. The summed E-state index contributed by atoms with van der Waals surface area (Å²) in [6.07, 6.45) is 2.03. The van der Waals surface area contributed by atoms with Crippen LogP contribution in [-0.4, -0.2) is 9.38 Å². The molecule has 0 saturated heterocycles. The molecule has 0 bridgehead atoms. The molecule has 3 nitrogen and oxygen atoms in total. The molecular formula is C15H13BrClN3. The molecule has 2 heterocycles. The van der Waals surface area contributed by atoms with Gasteiger partial charge in [0, 0.05) is 16.4 Å². The lowest BCUT2D eigenvalue weighted by atomic mass is 10.3. The second-order valence-corrected chi connectivity index (χ2v) is 5.82. The fourth-order valence-electron chi connectivity index (χ4n) is 2.17. The standard InChI is InChI=1S/C15H13BrClN3/c1-10-14(20-7-3-2-4-15(20)19-10)9-18-11-5-6-13(17)12(16)8-11/h2-8,18H,9H2,1H3. The molecule has 0 saturated carbocycles. The number of anilines is 1. The third kappa shape index (κ3) is 2.53. The highest BCUT2D eigenvalue weighted by Crippen LogP contribution is 2.26. The summed E-state index contributed by atoms with van der Waals surface area (Å²) >= 11 is 9.42. The fourth-order valence-corrected chi connectivity index (χ4v) is 2.67. The minimum atomic E-state index is 0.710. The zero-order chi connectivity index (χ0) is 14.1. The monoisotopic (exact) mass is 349 g/mol. The predicted molar refractivity (Wildman–Crippen MR) is 86.4 cm³/mol. The molecule has 0 fully saturated rings. The molecule has 1 N–H and O–H groups in total. The summed E-state index contributed by atoms with van der Waals surface area (Å²) in [5, 5.41) is 4.11. The summed E-state index contributed by atoms with van der Waals surface area (Å²) in [4.78, 5) is 4.55. The minimum Gasteiger partial charge on any atom is -0.379 e. The number of nitrogens with one attached hydrogen (secondary N) is 1. The van der Waals surface area contributed by atoms with Crippen molar-refractivity contribution in [3.8, 4) is 0 Å². The van der Waals surface area contributed by atoms with Crippen LogP contribution >= 0.6 is 27.5 Å². The van der Waals surface area contributed by atoms with Crippen LogP contribution in [0.4, 0.5) is 5.69 Å². The van der Waals surface area contributed by atoms with Crippen molar-refractivity contribution in [1.82, 2.24) is 9.38 Å². The Morgan fingerprint density at radius 3 is 2.95 bits per heavy atom. The smallest absolute Gasteiger partial charge is 0.137 e. The number of imidazole rings is 1. The molecule has 20 heavy (non-hydrogen) atoms. The van der Waals surface area contributed by atoms with E-state index in [0.29, 0.717) is 11.6 Å². The number of nitrogens with zero attached hydrogens (tertiary/aromatic N) is 2. The number of aryl methyl sites for hydroxylation is 1. The van der Waals surface area contributed by atoms with Crippen molar-refractivity contribution in [2.24, 2.45) is 0 Å². The maximum Gasteiger partial charge on any atom is 0.137 e. The van der Waals surface area contributed by atoms with Crippen LogP contribution in [0.15, 0.2) is 47.1 Å². The predicted octanol–water partition coefficient (Wildman–Crippen LogP) is 4.67. The number of hydrogen-bond donors (Lipinski definition) is 1. The average Bonchev–Trinajstić information content (AvgIpc) is 2.76. The summed E-state index contributed by atoms with van der Waals surface area (Å²) < 4.78 is 2.99. The lowest BCUT2D eigenvalue weighted by molar-refractivity contribution is 0.986. The topological polar surface area (TPSA) is 29.3 Å². The highest BCUT2D eigenvalue weighted by molar-refractivity contribution is 9.10. The largest absolute Gasteiger partial charge is 0.379 e. The third-order valence-electron chi connectivity index (χ3n) is 3.21. The van der Waals surface area contributed by atoms with Gasteiger partial charge in [-0.2, -0.15) is 0 Å². The quantitative estimate of drug-likeness (QED) is 0.743. The zero-order valence-electron chi connectivity index (χ0n) is 10.9. The SMILES string of the molecule is Cc1nc2ccccn2c1CNc1ccc(Cl)c(Br)c1. The first kappa shape index (κ1) is 13.5. The Morgan fingerprint density at radius 1 is 1.30 bits per heavy atom. The van der Waals surface area contributed by atoms with E-state index in [1.165, 1.54) is 0 Å². The van der Waals surface area contributed by atoms with Gasteiger partial charge in [0.25, 0.3) is 0 Å². The number of rotatable bonds is 3. The molecule has 3 rings (SSSR count). The van der Waals surface area contributed by atoms with Crippen molar-refractivity contribution in [1.29, 1.82) is 0 Å². The van der Waals surface area contributed by atoms with E-state index in [1.807, 2.05) is 49.5 Å². The Kier molecular flexibility index (Phi) is 3.68. The van der Waals surface area contributed by atoms with Crippen LogP contribution in [-0.2, 0) is 6.54 Å². The van der Waals surface area contributed by atoms with E-state index in [1.54, 1.807) is 0 Å². The molecule has 0 atom stereocenters. The molecule has 0 aliphatic rings. The van der Waals surface area contributed by atoms with Crippen molar-refractivity contribution >= 4 is 38.9 Å². The highest BCUT2D eigenvalue weighted by atomic mass is 79.9. The highest BCUT2D eigenvalue weighted by Gasteiger charge is 2.08. The van der Waals surface area contributed by atoms with Gasteiger partial charge in [-0.05, 0) is 53.2 Å². The van der Waals surface area contributed by atoms with Gasteiger partial charge < -0.3 is 9.72 Å². The number of pyridine rings is 1. The van der Waals surface area contributed by atoms with Crippen LogP contribution in [0.5, 0.6) is 0 Å². The molecule has 0 amide bonds. The van der Waals surface area contributed by atoms with Crippen molar-refractivity contribution in [3.05, 3.63) is 63.5 Å². The fraction of sp³-hybridized carbons (Fsp3) is 0.133. The summed E-state index contributed by atoms with van der Waals surface area (Å²) in [6, 6.07) is 11.8. The first-order valence-electron chi connectivity index (χ1n) is 6.26. The molecule has 0 aliphatic heterocycles. The number of hydrogen-bond acceptors (Lipinski definition) is 2.